The number of rotatable bonds is 5. The largest absolute Gasteiger partial charge is 0.372 e. The molecule has 0 amide bonds. The number of pyridine rings is 1. The van der Waals surface area contributed by atoms with E-state index in [1.165, 1.54) is 24.5 Å². The Balaban J connectivity index is 1.55. The lowest BCUT2D eigenvalue weighted by molar-refractivity contribution is 0.174. The second kappa shape index (κ2) is 7.20. The first-order chi connectivity index (χ1) is 13.5. The van der Waals surface area contributed by atoms with E-state index < -0.39 is 17.6 Å². The minimum Gasteiger partial charge on any atom is -0.372 e. The van der Waals surface area contributed by atoms with Crippen LogP contribution in [0.5, 0.6) is 0 Å². The first-order valence-electron chi connectivity index (χ1n) is 8.58. The van der Waals surface area contributed by atoms with Crippen molar-refractivity contribution in [3.05, 3.63) is 76.7 Å². The first-order valence-corrected chi connectivity index (χ1v) is 8.58. The number of hydrogen-bond donors (Lipinski definition) is 2. The van der Waals surface area contributed by atoms with E-state index in [0.29, 0.717) is 22.6 Å². The highest BCUT2D eigenvalue weighted by molar-refractivity contribution is 5.59. The van der Waals surface area contributed by atoms with E-state index >= 15 is 0 Å². The third-order valence-corrected chi connectivity index (χ3v) is 4.23. The van der Waals surface area contributed by atoms with Gasteiger partial charge < -0.3 is 10.4 Å². The minimum atomic E-state index is -1.09. The SMILES string of the molecule is Cc1ccc(-c2ccc(=O)n(CC(O)Nc3ccn4ncnc4c3)n2)c(F)c1. The molecule has 0 saturated carbocycles. The molecule has 0 spiro atoms. The number of benzene rings is 1. The Morgan fingerprint density at radius 2 is 2.07 bits per heavy atom. The van der Waals surface area contributed by atoms with Crippen LogP contribution in [0.15, 0.2) is 59.8 Å². The van der Waals surface area contributed by atoms with Gasteiger partial charge in [0.2, 0.25) is 0 Å². The Morgan fingerprint density at radius 1 is 1.21 bits per heavy atom. The van der Waals surface area contributed by atoms with Gasteiger partial charge in [0.15, 0.2) is 5.65 Å². The van der Waals surface area contributed by atoms with Gasteiger partial charge in [0.1, 0.15) is 18.4 Å². The Bertz CT molecular complexity index is 1200. The van der Waals surface area contributed by atoms with Gasteiger partial charge in [-0.15, -0.1) is 0 Å². The van der Waals surface area contributed by atoms with Gasteiger partial charge in [-0.25, -0.2) is 18.6 Å². The molecule has 0 aliphatic carbocycles. The molecule has 3 heterocycles. The molecule has 1 atom stereocenters. The zero-order valence-electron chi connectivity index (χ0n) is 15.0. The quantitative estimate of drug-likeness (QED) is 0.513. The summed E-state index contributed by atoms with van der Waals surface area (Å²) in [5.41, 5.74) is 2.23. The molecule has 1 unspecified atom stereocenters. The third-order valence-electron chi connectivity index (χ3n) is 4.23. The maximum absolute atomic E-state index is 14.2. The molecule has 4 aromatic rings. The van der Waals surface area contributed by atoms with Crippen molar-refractivity contribution < 1.29 is 9.50 Å². The summed E-state index contributed by atoms with van der Waals surface area (Å²) in [7, 11) is 0. The third kappa shape index (κ3) is 3.60. The Morgan fingerprint density at radius 3 is 2.89 bits per heavy atom. The monoisotopic (exact) mass is 380 g/mol. The van der Waals surface area contributed by atoms with Crippen LogP contribution in [0.1, 0.15) is 5.56 Å². The van der Waals surface area contributed by atoms with E-state index in [2.05, 4.69) is 20.5 Å². The highest BCUT2D eigenvalue weighted by atomic mass is 19.1. The second-order valence-corrected chi connectivity index (χ2v) is 6.36. The van der Waals surface area contributed by atoms with Gasteiger partial charge in [-0.2, -0.15) is 10.2 Å². The van der Waals surface area contributed by atoms with Crippen molar-refractivity contribution in [2.24, 2.45) is 0 Å². The van der Waals surface area contributed by atoms with Gasteiger partial charge in [-0.1, -0.05) is 6.07 Å². The summed E-state index contributed by atoms with van der Waals surface area (Å²) in [5.74, 6) is -0.419. The van der Waals surface area contributed by atoms with Gasteiger partial charge in [-0.3, -0.25) is 4.79 Å². The van der Waals surface area contributed by atoms with Crippen LogP contribution in [0.2, 0.25) is 0 Å². The van der Waals surface area contributed by atoms with Gasteiger partial charge >= 0.3 is 0 Å². The summed E-state index contributed by atoms with van der Waals surface area (Å²) in [6.07, 6.45) is 2.03. The maximum atomic E-state index is 14.2. The van der Waals surface area contributed by atoms with Crippen molar-refractivity contribution in [3.8, 4) is 11.3 Å². The number of nitrogens with one attached hydrogen (secondary N) is 1. The topological polar surface area (TPSA) is 97.3 Å². The Labute approximate surface area is 158 Å². The molecule has 2 N–H and O–H groups in total. The molecular weight excluding hydrogens is 363 g/mol. The van der Waals surface area contributed by atoms with Crippen LogP contribution >= 0.6 is 0 Å². The summed E-state index contributed by atoms with van der Waals surface area (Å²) in [5, 5.41) is 21.4. The Hall–Kier alpha value is -3.59. The fourth-order valence-corrected chi connectivity index (χ4v) is 2.86. The predicted octanol–water partition coefficient (Wildman–Crippen LogP) is 1.83. The molecule has 3 aromatic heterocycles. The van der Waals surface area contributed by atoms with Crippen LogP contribution in [0, 0.1) is 12.7 Å². The number of fused-ring (bicyclic) bond motifs is 1. The van der Waals surface area contributed by atoms with Crippen molar-refractivity contribution in [2.75, 3.05) is 5.32 Å². The number of aryl methyl sites for hydroxylation is 1. The highest BCUT2D eigenvalue weighted by Crippen LogP contribution is 2.20. The lowest BCUT2D eigenvalue weighted by atomic mass is 10.1. The van der Waals surface area contributed by atoms with Gasteiger partial charge in [0.25, 0.3) is 5.56 Å². The van der Waals surface area contributed by atoms with E-state index in [-0.39, 0.29) is 6.54 Å². The fourth-order valence-electron chi connectivity index (χ4n) is 2.86. The number of aromatic nitrogens is 5. The number of halogens is 1. The summed E-state index contributed by atoms with van der Waals surface area (Å²) in [6, 6.07) is 11.0. The van der Waals surface area contributed by atoms with E-state index in [0.717, 1.165) is 10.2 Å². The van der Waals surface area contributed by atoms with Crippen molar-refractivity contribution in [3.63, 3.8) is 0 Å². The average molecular weight is 380 g/mol. The molecule has 0 saturated heterocycles. The van der Waals surface area contributed by atoms with Crippen molar-refractivity contribution in [1.29, 1.82) is 0 Å². The number of nitrogens with zero attached hydrogens (tertiary/aromatic N) is 5. The molecule has 142 valence electrons. The van der Waals surface area contributed by atoms with Crippen LogP contribution in [0.25, 0.3) is 16.9 Å². The molecule has 0 fully saturated rings. The van der Waals surface area contributed by atoms with Gasteiger partial charge in [0, 0.05) is 29.6 Å². The predicted molar refractivity (Wildman–Crippen MR) is 101 cm³/mol. The fraction of sp³-hybridized carbons (Fsp3) is 0.158. The average Bonchev–Trinajstić information content (AvgIpc) is 3.11. The van der Waals surface area contributed by atoms with Crippen LogP contribution in [0.3, 0.4) is 0 Å². The molecule has 0 radical (unpaired) electrons. The molecule has 4 rings (SSSR count). The lowest BCUT2D eigenvalue weighted by Crippen LogP contribution is -2.32. The zero-order chi connectivity index (χ0) is 19.7. The van der Waals surface area contributed by atoms with Gasteiger partial charge in [0.05, 0.1) is 12.2 Å². The summed E-state index contributed by atoms with van der Waals surface area (Å²) >= 11 is 0. The van der Waals surface area contributed by atoms with Gasteiger partial charge in [-0.05, 0) is 36.8 Å². The number of aliphatic hydroxyl groups excluding tert-OH is 1. The highest BCUT2D eigenvalue weighted by Gasteiger charge is 2.12. The Kier molecular flexibility index (Phi) is 4.58. The normalized spacial score (nSPS) is 12.2. The second-order valence-electron chi connectivity index (χ2n) is 6.36. The van der Waals surface area contributed by atoms with E-state index in [9.17, 15) is 14.3 Å². The van der Waals surface area contributed by atoms with E-state index in [1.807, 2.05) is 0 Å². The van der Waals surface area contributed by atoms with E-state index in [1.54, 1.807) is 41.9 Å². The van der Waals surface area contributed by atoms with Crippen molar-refractivity contribution in [2.45, 2.75) is 19.7 Å². The zero-order valence-corrected chi connectivity index (χ0v) is 15.0. The molecule has 0 aliphatic rings. The molecule has 0 aliphatic heterocycles. The molecule has 0 bridgehead atoms. The summed E-state index contributed by atoms with van der Waals surface area (Å²) in [4.78, 5) is 16.2. The summed E-state index contributed by atoms with van der Waals surface area (Å²) < 4.78 is 16.9. The smallest absolute Gasteiger partial charge is 0.266 e. The molecule has 8 nitrogen and oxygen atoms in total. The van der Waals surface area contributed by atoms with Crippen molar-refractivity contribution >= 4 is 11.3 Å². The number of hydrogen-bond acceptors (Lipinski definition) is 6. The molecular formula is C19H17FN6O2. The van der Waals surface area contributed by atoms with Crippen LogP contribution in [-0.2, 0) is 6.54 Å². The standard InChI is InChI=1S/C19H17FN6O2/c1-12-2-3-14(15(20)8-12)16-4-5-19(28)26(24-16)10-18(27)23-13-6-7-25-17(9-13)21-11-22-25/h2-9,11,18,23,27H,10H2,1H3. The van der Waals surface area contributed by atoms with Crippen LogP contribution < -0.4 is 10.9 Å². The lowest BCUT2D eigenvalue weighted by Gasteiger charge is -2.15. The van der Waals surface area contributed by atoms with Crippen molar-refractivity contribution in [1.82, 2.24) is 24.4 Å². The van der Waals surface area contributed by atoms with Crippen LogP contribution in [0.4, 0.5) is 10.1 Å². The van der Waals surface area contributed by atoms with Crippen LogP contribution in [-0.4, -0.2) is 35.7 Å². The minimum absolute atomic E-state index is 0.113. The maximum Gasteiger partial charge on any atom is 0.266 e. The first kappa shape index (κ1) is 17.8. The number of anilines is 1. The van der Waals surface area contributed by atoms with E-state index in [4.69, 9.17) is 0 Å². The molecule has 1 aromatic carbocycles. The summed E-state index contributed by atoms with van der Waals surface area (Å²) in [6.45, 7) is 1.68. The molecule has 28 heavy (non-hydrogen) atoms. The molecule has 9 heteroatoms. The number of aliphatic hydroxyl groups is 1.